The smallest absolute Gasteiger partial charge is 0.387 e. The maximum absolute atomic E-state index is 12.9. The summed E-state index contributed by atoms with van der Waals surface area (Å²) >= 11 is 5.47. The van der Waals surface area contributed by atoms with E-state index in [0.29, 0.717) is 0 Å². The lowest BCUT2D eigenvalue weighted by atomic mass is 10.0. The number of rotatable bonds is 4. The van der Waals surface area contributed by atoms with Gasteiger partial charge in [0.05, 0.1) is 18.1 Å². The van der Waals surface area contributed by atoms with Crippen LogP contribution in [0.4, 0.5) is 22.0 Å². The molecule has 9 heteroatoms. The number of alkyl halides is 6. The molecule has 0 fully saturated rings. The third-order valence-corrected chi connectivity index (χ3v) is 2.40. The Kier molecular flexibility index (Phi) is 4.89. The van der Waals surface area contributed by atoms with E-state index in [1.165, 1.54) is 0 Å². The highest BCUT2D eigenvalue weighted by molar-refractivity contribution is 6.17. The van der Waals surface area contributed by atoms with E-state index in [0.717, 1.165) is 6.20 Å². The lowest BCUT2D eigenvalue weighted by Crippen LogP contribution is -2.20. The monoisotopic (exact) mass is 300 g/mol. The van der Waals surface area contributed by atoms with Crippen LogP contribution in [0.25, 0.3) is 0 Å². The van der Waals surface area contributed by atoms with Crippen molar-refractivity contribution in [2.75, 3.05) is 0 Å². The van der Waals surface area contributed by atoms with Crippen LogP contribution in [-0.4, -0.2) is 11.3 Å². The van der Waals surface area contributed by atoms with E-state index in [2.05, 4.69) is 9.72 Å². The van der Waals surface area contributed by atoms with Crippen LogP contribution < -0.4 is 4.74 Å². The van der Waals surface area contributed by atoms with Crippen molar-refractivity contribution in [3.8, 4) is 11.9 Å². The molecule has 1 rings (SSSR count). The molecule has 0 aliphatic carbocycles. The van der Waals surface area contributed by atoms with E-state index in [9.17, 15) is 22.0 Å². The summed E-state index contributed by atoms with van der Waals surface area (Å²) in [6.45, 7) is 0. The predicted molar refractivity (Wildman–Crippen MR) is 54.8 cm³/mol. The van der Waals surface area contributed by atoms with Crippen molar-refractivity contribution in [1.82, 2.24) is 4.98 Å². The number of halogens is 6. The highest BCUT2D eigenvalue weighted by atomic mass is 35.5. The minimum Gasteiger partial charge on any atom is -0.387 e. The normalized spacial score (nSPS) is 11.5. The summed E-state index contributed by atoms with van der Waals surface area (Å²) in [5, 5.41) is 8.55. The Morgan fingerprint density at radius 2 is 2.05 bits per heavy atom. The van der Waals surface area contributed by atoms with Crippen LogP contribution in [0.2, 0.25) is 0 Å². The highest BCUT2D eigenvalue weighted by Gasteiger charge is 2.35. The number of nitriles is 1. The molecule has 0 unspecified atom stereocenters. The molecule has 0 saturated heterocycles. The topological polar surface area (TPSA) is 45.9 Å². The summed E-state index contributed by atoms with van der Waals surface area (Å²) in [5.74, 6) is -1.52. The van der Waals surface area contributed by atoms with E-state index in [1.807, 2.05) is 0 Å². The summed E-state index contributed by atoms with van der Waals surface area (Å²) in [6, 6.07) is 1.59. The first-order chi connectivity index (χ1) is 8.80. The zero-order valence-electron chi connectivity index (χ0n) is 9.14. The van der Waals surface area contributed by atoms with Gasteiger partial charge in [-0.1, -0.05) is 0 Å². The van der Waals surface area contributed by atoms with Crippen LogP contribution in [0.5, 0.6) is 5.88 Å². The van der Waals surface area contributed by atoms with Gasteiger partial charge >= 0.3 is 6.36 Å². The third kappa shape index (κ3) is 3.92. The van der Waals surface area contributed by atoms with Crippen molar-refractivity contribution < 1.29 is 26.7 Å². The van der Waals surface area contributed by atoms with Crippen LogP contribution in [0, 0.1) is 11.3 Å². The van der Waals surface area contributed by atoms with Crippen molar-refractivity contribution in [3.05, 3.63) is 22.9 Å². The molecule has 19 heavy (non-hydrogen) atoms. The quantitative estimate of drug-likeness (QED) is 0.629. The second-order valence-corrected chi connectivity index (χ2v) is 3.57. The number of aromatic nitrogens is 1. The van der Waals surface area contributed by atoms with E-state index in [1.54, 1.807) is 6.07 Å². The first kappa shape index (κ1) is 15.4. The fraction of sp³-hybridized carbons (Fsp3) is 0.400. The van der Waals surface area contributed by atoms with Crippen molar-refractivity contribution in [1.29, 1.82) is 5.26 Å². The molecule has 0 radical (unpaired) electrons. The minimum absolute atomic E-state index is 0.0630. The van der Waals surface area contributed by atoms with E-state index < -0.39 is 30.7 Å². The lowest BCUT2D eigenvalue weighted by Gasteiger charge is -2.16. The summed E-state index contributed by atoms with van der Waals surface area (Å²) in [6.07, 6.45) is -8.05. The third-order valence-electron chi connectivity index (χ3n) is 2.11. The second-order valence-electron chi connectivity index (χ2n) is 3.30. The number of hydrogen-bond donors (Lipinski definition) is 0. The molecule has 0 N–H and O–H groups in total. The van der Waals surface area contributed by atoms with Gasteiger partial charge in [-0.05, 0) is 11.1 Å². The van der Waals surface area contributed by atoms with Gasteiger partial charge < -0.3 is 4.74 Å². The summed E-state index contributed by atoms with van der Waals surface area (Å²) in [5.41, 5.74) is -1.29. The molecule has 3 nitrogen and oxygen atoms in total. The molecule has 0 atom stereocenters. The molecule has 0 amide bonds. The van der Waals surface area contributed by atoms with Gasteiger partial charge in [0.1, 0.15) is 0 Å². The van der Waals surface area contributed by atoms with Gasteiger partial charge in [-0.25, -0.2) is 13.8 Å². The Bertz CT molecular complexity index is 498. The highest BCUT2D eigenvalue weighted by Crippen LogP contribution is 2.35. The van der Waals surface area contributed by atoms with Crippen LogP contribution in [0.15, 0.2) is 6.20 Å². The standard InChI is InChI=1S/C10H6ClF5N2O/c11-3-5-4-18-9(19-10(14,15)16)7(8(12)13)6(5)1-2-17/h4,8H,1,3H2. The Labute approximate surface area is 109 Å². The maximum atomic E-state index is 12.9. The van der Waals surface area contributed by atoms with Gasteiger partial charge in [-0.3, -0.25) is 0 Å². The molecule has 0 aliphatic heterocycles. The molecule has 0 bridgehead atoms. The molecule has 104 valence electrons. The molecule has 1 aromatic rings. The molecular weight excluding hydrogens is 295 g/mol. The van der Waals surface area contributed by atoms with Crippen molar-refractivity contribution in [2.45, 2.75) is 25.1 Å². The molecule has 0 spiro atoms. The molecular formula is C10H6ClF5N2O. The number of nitrogens with zero attached hydrogens (tertiary/aromatic N) is 2. The molecule has 0 aliphatic rings. The van der Waals surface area contributed by atoms with Crippen molar-refractivity contribution in [3.63, 3.8) is 0 Å². The van der Waals surface area contributed by atoms with E-state index in [-0.39, 0.29) is 17.0 Å². The van der Waals surface area contributed by atoms with Crippen LogP contribution >= 0.6 is 11.6 Å². The largest absolute Gasteiger partial charge is 0.574 e. The summed E-state index contributed by atoms with van der Waals surface area (Å²) in [7, 11) is 0. The van der Waals surface area contributed by atoms with Gasteiger partial charge in [0, 0.05) is 12.1 Å². The van der Waals surface area contributed by atoms with Gasteiger partial charge in [0.15, 0.2) is 0 Å². The Morgan fingerprint density at radius 3 is 2.47 bits per heavy atom. The maximum Gasteiger partial charge on any atom is 0.574 e. The lowest BCUT2D eigenvalue weighted by molar-refractivity contribution is -0.276. The second kappa shape index (κ2) is 6.02. The van der Waals surface area contributed by atoms with Gasteiger partial charge in [0.25, 0.3) is 6.43 Å². The fourth-order valence-electron chi connectivity index (χ4n) is 1.41. The van der Waals surface area contributed by atoms with Crippen molar-refractivity contribution in [2.24, 2.45) is 0 Å². The number of ether oxygens (including phenoxy) is 1. The predicted octanol–water partition coefficient (Wildman–Crippen LogP) is 3.72. The average molecular weight is 301 g/mol. The molecule has 0 aromatic carbocycles. The average Bonchev–Trinajstić information content (AvgIpc) is 2.27. The van der Waals surface area contributed by atoms with Gasteiger partial charge in [-0.15, -0.1) is 24.8 Å². The number of pyridine rings is 1. The van der Waals surface area contributed by atoms with Gasteiger partial charge in [-0.2, -0.15) is 5.26 Å². The van der Waals surface area contributed by atoms with E-state index in [4.69, 9.17) is 16.9 Å². The zero-order chi connectivity index (χ0) is 14.6. The molecule has 1 aromatic heterocycles. The summed E-state index contributed by atoms with van der Waals surface area (Å²) < 4.78 is 65.4. The van der Waals surface area contributed by atoms with Crippen molar-refractivity contribution >= 4 is 11.6 Å². The fourth-order valence-corrected chi connectivity index (χ4v) is 1.64. The number of hydrogen-bond acceptors (Lipinski definition) is 3. The van der Waals surface area contributed by atoms with Crippen LogP contribution in [0.3, 0.4) is 0 Å². The van der Waals surface area contributed by atoms with E-state index >= 15 is 0 Å². The SMILES string of the molecule is N#CCc1c(CCl)cnc(OC(F)(F)F)c1C(F)F. The van der Waals surface area contributed by atoms with Gasteiger partial charge in [0.2, 0.25) is 5.88 Å². The molecule has 1 heterocycles. The Hall–Kier alpha value is -1.62. The first-order valence-electron chi connectivity index (χ1n) is 4.77. The Morgan fingerprint density at radius 1 is 1.42 bits per heavy atom. The summed E-state index contributed by atoms with van der Waals surface area (Å²) in [4.78, 5) is 3.18. The minimum atomic E-state index is -5.15. The van der Waals surface area contributed by atoms with Crippen LogP contribution in [0.1, 0.15) is 23.1 Å². The molecule has 0 saturated carbocycles. The van der Waals surface area contributed by atoms with Crippen LogP contribution in [-0.2, 0) is 12.3 Å². The zero-order valence-corrected chi connectivity index (χ0v) is 9.90. The first-order valence-corrected chi connectivity index (χ1v) is 5.31. The Balaban J connectivity index is 3.41.